The molecule has 2 fully saturated rings. The fourth-order valence-corrected chi connectivity index (χ4v) is 8.22. The van der Waals surface area contributed by atoms with Crippen molar-refractivity contribution < 1.29 is 42.9 Å². The van der Waals surface area contributed by atoms with Crippen molar-refractivity contribution in [2.45, 2.75) is 145 Å². The molecule has 15 heteroatoms. The Bertz CT molecular complexity index is 1670. The van der Waals surface area contributed by atoms with Gasteiger partial charge in [-0.25, -0.2) is 14.1 Å². The number of nitrogens with two attached hydrogens (primary N) is 1. The number of aliphatic hydroxyl groups is 2. The predicted octanol–water partition coefficient (Wildman–Crippen LogP) is 6.76. The van der Waals surface area contributed by atoms with E-state index < -0.39 is 43.4 Å². The van der Waals surface area contributed by atoms with E-state index in [4.69, 9.17) is 29.0 Å². The number of nitriles is 1. The molecule has 2 unspecified atom stereocenters. The van der Waals surface area contributed by atoms with Crippen molar-refractivity contribution in [2.24, 2.45) is 0 Å². The number of benzene rings is 1. The summed E-state index contributed by atoms with van der Waals surface area (Å²) in [5.74, 6) is 0.673. The highest BCUT2D eigenvalue weighted by Gasteiger charge is 2.83. The Morgan fingerprint density at radius 1 is 0.944 bits per heavy atom. The van der Waals surface area contributed by atoms with Crippen molar-refractivity contribution in [1.29, 1.82) is 5.26 Å². The number of aromatic nitrogens is 3. The molecule has 1 aliphatic carbocycles. The van der Waals surface area contributed by atoms with Gasteiger partial charge < -0.3 is 35.1 Å². The topological polar surface area (TPSA) is 204 Å². The highest BCUT2D eigenvalue weighted by Crippen LogP contribution is 2.63. The third kappa shape index (κ3) is 10.6. The first kappa shape index (κ1) is 42.0. The van der Waals surface area contributed by atoms with Crippen LogP contribution in [0.1, 0.15) is 115 Å². The summed E-state index contributed by atoms with van der Waals surface area (Å²) in [5, 5.41) is 36.7. The van der Waals surface area contributed by atoms with Gasteiger partial charge in [0.2, 0.25) is 5.60 Å². The maximum Gasteiger partial charge on any atom is 0.472 e. The summed E-state index contributed by atoms with van der Waals surface area (Å²) >= 11 is 0. The summed E-state index contributed by atoms with van der Waals surface area (Å²) in [7, 11) is -4.81. The minimum atomic E-state index is -4.81. The van der Waals surface area contributed by atoms with Crippen LogP contribution in [-0.4, -0.2) is 79.5 Å². The molecule has 0 bridgehead atoms. The molecule has 3 aromatic rings. The third-order valence-electron chi connectivity index (χ3n) is 10.4. The Kier molecular flexibility index (Phi) is 15.7. The molecule has 7 atom stereocenters. The van der Waals surface area contributed by atoms with Gasteiger partial charge in [0, 0.05) is 6.61 Å². The number of hydrogen-bond donors (Lipinski definition) is 4. The van der Waals surface area contributed by atoms with E-state index >= 15 is 0 Å². The molecule has 5 rings (SSSR count). The summed E-state index contributed by atoms with van der Waals surface area (Å²) in [6.07, 6.45) is 16.4. The smallest absolute Gasteiger partial charge is 0.472 e. The van der Waals surface area contributed by atoms with Crippen LogP contribution < -0.4 is 10.5 Å². The van der Waals surface area contributed by atoms with Gasteiger partial charge >= 0.3 is 7.82 Å². The number of ether oxygens (including phenoxy) is 3. The summed E-state index contributed by atoms with van der Waals surface area (Å²) < 4.78 is 42.7. The van der Waals surface area contributed by atoms with Gasteiger partial charge in [-0.05, 0) is 30.7 Å². The molecular weight excluding hydrogens is 713 g/mol. The van der Waals surface area contributed by atoms with Gasteiger partial charge in [-0.3, -0.25) is 9.05 Å². The maximum atomic E-state index is 13.1. The quantitative estimate of drug-likeness (QED) is 0.0468. The van der Waals surface area contributed by atoms with Gasteiger partial charge in [0.25, 0.3) is 0 Å². The van der Waals surface area contributed by atoms with Crippen molar-refractivity contribution in [3.05, 3.63) is 54.5 Å². The molecule has 54 heavy (non-hydrogen) atoms. The number of fused-ring (bicyclic) bond motifs is 2. The number of phosphoric ester groups is 1. The molecule has 2 aliphatic rings. The van der Waals surface area contributed by atoms with E-state index in [-0.39, 0.29) is 24.7 Å². The van der Waals surface area contributed by atoms with Crippen molar-refractivity contribution in [1.82, 2.24) is 14.6 Å². The largest absolute Gasteiger partial charge is 0.486 e. The van der Waals surface area contributed by atoms with Crippen molar-refractivity contribution in [3.63, 3.8) is 0 Å². The lowest BCUT2D eigenvalue weighted by Crippen LogP contribution is -2.47. The highest BCUT2D eigenvalue weighted by molar-refractivity contribution is 7.47. The fraction of sp³-hybridized carbons (Fsp3) is 0.667. The lowest BCUT2D eigenvalue weighted by atomic mass is 9.90. The third-order valence-corrected chi connectivity index (χ3v) is 11.4. The molecule has 5 N–H and O–H groups in total. The summed E-state index contributed by atoms with van der Waals surface area (Å²) in [6, 6.07) is 13.9. The van der Waals surface area contributed by atoms with Crippen molar-refractivity contribution >= 4 is 19.2 Å². The average Bonchev–Trinajstić information content (AvgIpc) is 3.41. The Labute approximate surface area is 318 Å². The number of anilines is 1. The van der Waals surface area contributed by atoms with Gasteiger partial charge in [-0.15, -0.1) is 0 Å². The minimum Gasteiger partial charge on any atom is -0.486 e. The summed E-state index contributed by atoms with van der Waals surface area (Å²) in [5.41, 5.74) is 2.14. The van der Waals surface area contributed by atoms with Crippen molar-refractivity contribution in [3.8, 4) is 11.8 Å². The first-order valence-electron chi connectivity index (χ1n) is 19.7. The standard InChI is InChI=1S/C39H58N5O9P/c1-2-3-4-5-6-7-8-9-10-11-12-13-14-15-16-20-25-49-26-31(51-30-21-18-17-19-22-30)27-50-54(47,48)53-35-34-39(35,46)37(45)38(28-40,52-34)33-24-23-32-36(41)42-29-43-44(32)33/h17-19,21-24,29,31,34-35,37,45-46H,2-16,20,25-27H2,1H3,(H,47,48)(H2,41,42,43)/t31-,34-,35?,37+,38+,39+/m1/s1. The number of rotatable bonds is 27. The average molecular weight is 772 g/mol. The van der Waals surface area contributed by atoms with Crippen LogP contribution in [0.5, 0.6) is 5.75 Å². The normalized spacial score (nSPS) is 24.9. The molecule has 298 valence electrons. The zero-order chi connectivity index (χ0) is 38.4. The molecule has 1 saturated carbocycles. The highest BCUT2D eigenvalue weighted by atomic mass is 31.2. The molecule has 2 aromatic heterocycles. The van der Waals surface area contributed by atoms with Gasteiger partial charge in [-0.1, -0.05) is 121 Å². The Hall–Kier alpha value is -3.12. The number of para-hydroxylation sites is 1. The van der Waals surface area contributed by atoms with E-state index in [0.29, 0.717) is 17.9 Å². The Balaban J connectivity index is 1.00. The van der Waals surface area contributed by atoms with E-state index in [0.717, 1.165) is 19.3 Å². The molecule has 0 spiro atoms. The molecule has 0 amide bonds. The van der Waals surface area contributed by atoms with E-state index in [2.05, 4.69) is 17.0 Å². The van der Waals surface area contributed by atoms with Gasteiger partial charge in [0.1, 0.15) is 48.1 Å². The number of nitrogen functional groups attached to an aromatic ring is 1. The second-order valence-electron chi connectivity index (χ2n) is 14.6. The molecule has 1 aliphatic heterocycles. The van der Waals surface area contributed by atoms with E-state index in [1.807, 2.05) is 24.3 Å². The Morgan fingerprint density at radius 3 is 2.13 bits per heavy atom. The van der Waals surface area contributed by atoms with E-state index in [9.17, 15) is 24.9 Å². The lowest BCUT2D eigenvalue weighted by molar-refractivity contribution is -0.106. The monoisotopic (exact) mass is 771 g/mol. The fourth-order valence-electron chi connectivity index (χ4n) is 7.23. The molecule has 3 heterocycles. The van der Waals surface area contributed by atoms with Gasteiger partial charge in [-0.2, -0.15) is 10.4 Å². The number of nitrogens with zero attached hydrogens (tertiary/aromatic N) is 4. The van der Waals surface area contributed by atoms with E-state index in [1.165, 1.54) is 100 Å². The SMILES string of the molecule is CCCCCCCCCCCCCCCCCCOC[C@H](COP(=O)(O)OC1[C@H]2O[C@@](C#N)(c3ccc4c(N)ncnn34)[C@H](O)[C@@]12O)Oc1ccccc1. The number of hydrogen-bond acceptors (Lipinski definition) is 12. The minimum absolute atomic E-state index is 0.102. The van der Waals surface area contributed by atoms with Gasteiger partial charge in [0.05, 0.1) is 18.9 Å². The van der Waals surface area contributed by atoms with Crippen LogP contribution in [0.15, 0.2) is 48.8 Å². The van der Waals surface area contributed by atoms with E-state index in [1.54, 1.807) is 18.2 Å². The molecule has 1 aromatic carbocycles. The van der Waals surface area contributed by atoms with Crippen LogP contribution in [0.4, 0.5) is 5.82 Å². The maximum absolute atomic E-state index is 13.1. The van der Waals surface area contributed by atoms with Crippen LogP contribution in [0.3, 0.4) is 0 Å². The van der Waals surface area contributed by atoms with Crippen LogP contribution in [0.25, 0.3) is 5.52 Å². The molecule has 1 saturated heterocycles. The van der Waals surface area contributed by atoms with Crippen molar-refractivity contribution in [2.75, 3.05) is 25.6 Å². The zero-order valence-electron chi connectivity index (χ0n) is 31.5. The Morgan fingerprint density at radius 2 is 1.56 bits per heavy atom. The number of aliphatic hydroxyl groups excluding tert-OH is 1. The zero-order valence-corrected chi connectivity index (χ0v) is 32.4. The number of phosphoric acid groups is 1. The molecule has 0 radical (unpaired) electrons. The first-order chi connectivity index (χ1) is 26.2. The van der Waals surface area contributed by atoms with Crippen LogP contribution >= 0.6 is 7.82 Å². The summed E-state index contributed by atoms with van der Waals surface area (Å²) in [6.45, 7) is 2.52. The lowest BCUT2D eigenvalue weighted by Gasteiger charge is -2.29. The van der Waals surface area contributed by atoms with Crippen LogP contribution in [0.2, 0.25) is 0 Å². The second kappa shape index (κ2) is 20.2. The van der Waals surface area contributed by atoms with Crippen LogP contribution in [-0.2, 0) is 28.7 Å². The molecule has 14 nitrogen and oxygen atoms in total. The molecular formula is C39H58N5O9P. The second-order valence-corrected chi connectivity index (χ2v) is 16.0. The summed E-state index contributed by atoms with van der Waals surface area (Å²) in [4.78, 5) is 14.5. The predicted molar refractivity (Wildman–Crippen MR) is 202 cm³/mol. The van der Waals surface area contributed by atoms with Crippen LogP contribution in [0, 0.1) is 11.3 Å². The first-order valence-corrected chi connectivity index (χ1v) is 21.2. The van der Waals surface area contributed by atoms with Gasteiger partial charge in [0.15, 0.2) is 11.4 Å². The number of unbranched alkanes of at least 4 members (excludes halogenated alkanes) is 15.